The summed E-state index contributed by atoms with van der Waals surface area (Å²) >= 11 is 0. The molecule has 1 aliphatic rings. The van der Waals surface area contributed by atoms with Gasteiger partial charge in [0.05, 0.1) is 5.41 Å². The van der Waals surface area contributed by atoms with E-state index in [1.807, 2.05) is 18.2 Å². The monoisotopic (exact) mass is 288 g/mol. The maximum Gasteiger partial charge on any atom is 0.230 e. The second-order valence-corrected chi connectivity index (χ2v) is 6.12. The van der Waals surface area contributed by atoms with Crippen molar-refractivity contribution in [2.75, 3.05) is 6.54 Å². The van der Waals surface area contributed by atoms with Crippen molar-refractivity contribution in [3.8, 4) is 0 Å². The molecule has 2 N–H and O–H groups in total. The van der Waals surface area contributed by atoms with Crippen LogP contribution in [0.5, 0.6) is 0 Å². The first-order valence-electron chi connectivity index (χ1n) is 8.24. The van der Waals surface area contributed by atoms with E-state index in [4.69, 9.17) is 0 Å². The zero-order valence-corrected chi connectivity index (χ0v) is 13.5. The topological polar surface area (TPSA) is 41.1 Å². The van der Waals surface area contributed by atoms with Crippen molar-refractivity contribution in [1.29, 1.82) is 0 Å². The summed E-state index contributed by atoms with van der Waals surface area (Å²) in [6.07, 6.45) is 3.85. The van der Waals surface area contributed by atoms with Crippen LogP contribution in [0.3, 0.4) is 0 Å². The second kappa shape index (κ2) is 7.08. The highest BCUT2D eigenvalue weighted by Gasteiger charge is 2.38. The van der Waals surface area contributed by atoms with Gasteiger partial charge in [0.1, 0.15) is 0 Å². The number of piperidine rings is 1. The Morgan fingerprint density at radius 3 is 2.52 bits per heavy atom. The number of carbonyl (C=O) groups is 1. The third-order valence-corrected chi connectivity index (χ3v) is 5.05. The number of amides is 1. The molecule has 1 amide bonds. The molecule has 2 rings (SSSR count). The minimum Gasteiger partial charge on any atom is -0.351 e. The Kier molecular flexibility index (Phi) is 5.40. The fraction of sp³-hybridized carbons (Fsp3) is 0.611. The summed E-state index contributed by atoms with van der Waals surface area (Å²) in [5.41, 5.74) is 0.724. The van der Waals surface area contributed by atoms with Crippen molar-refractivity contribution in [3.05, 3.63) is 35.9 Å². The summed E-state index contributed by atoms with van der Waals surface area (Å²) < 4.78 is 0. The largest absolute Gasteiger partial charge is 0.351 e. The molecule has 3 nitrogen and oxygen atoms in total. The predicted molar refractivity (Wildman–Crippen MR) is 87.3 cm³/mol. The Labute approximate surface area is 128 Å². The van der Waals surface area contributed by atoms with Crippen LogP contribution in [0.4, 0.5) is 0 Å². The fourth-order valence-electron chi connectivity index (χ4n) is 3.42. The van der Waals surface area contributed by atoms with Crippen LogP contribution >= 0.6 is 0 Å². The Morgan fingerprint density at radius 2 is 1.95 bits per heavy atom. The lowest BCUT2D eigenvalue weighted by Crippen LogP contribution is -2.56. The Bertz CT molecular complexity index is 454. The van der Waals surface area contributed by atoms with Crippen molar-refractivity contribution in [1.82, 2.24) is 10.6 Å². The molecule has 3 heteroatoms. The van der Waals surface area contributed by atoms with Crippen LogP contribution in [-0.4, -0.2) is 24.5 Å². The summed E-state index contributed by atoms with van der Waals surface area (Å²) in [6.45, 7) is 7.43. The minimum absolute atomic E-state index is 0.180. The predicted octanol–water partition coefficient (Wildman–Crippen LogP) is 3.00. The van der Waals surface area contributed by atoms with Crippen LogP contribution in [0.2, 0.25) is 0 Å². The van der Waals surface area contributed by atoms with Gasteiger partial charge in [-0.05, 0) is 44.7 Å². The molecule has 116 valence electrons. The molecule has 0 aliphatic carbocycles. The molecule has 0 saturated carbocycles. The van der Waals surface area contributed by atoms with Crippen LogP contribution in [0.15, 0.2) is 30.3 Å². The van der Waals surface area contributed by atoms with Gasteiger partial charge in [-0.3, -0.25) is 4.79 Å². The second-order valence-electron chi connectivity index (χ2n) is 6.12. The molecule has 1 aromatic carbocycles. The standard InChI is InChI=1S/C18H28N2O/c1-4-18(5-2,15-10-7-6-8-11-15)17(21)20-16-12-9-13-19-14(16)3/h6-8,10-11,14,16,19H,4-5,9,12-13H2,1-3H3,(H,20,21). The van der Waals surface area contributed by atoms with Gasteiger partial charge in [-0.1, -0.05) is 44.2 Å². The van der Waals surface area contributed by atoms with Crippen LogP contribution in [0.25, 0.3) is 0 Å². The minimum atomic E-state index is -0.404. The number of nitrogens with one attached hydrogen (secondary N) is 2. The Balaban J connectivity index is 2.19. The molecule has 21 heavy (non-hydrogen) atoms. The highest BCUT2D eigenvalue weighted by molar-refractivity contribution is 5.88. The first kappa shape index (κ1) is 16.0. The quantitative estimate of drug-likeness (QED) is 0.874. The van der Waals surface area contributed by atoms with Crippen molar-refractivity contribution in [2.45, 2.75) is 64.0 Å². The first-order chi connectivity index (χ1) is 10.1. The summed E-state index contributed by atoms with van der Waals surface area (Å²) in [7, 11) is 0. The molecular weight excluding hydrogens is 260 g/mol. The molecule has 0 aromatic heterocycles. The Morgan fingerprint density at radius 1 is 1.29 bits per heavy atom. The molecule has 2 unspecified atom stereocenters. The number of hydrogen-bond donors (Lipinski definition) is 2. The van der Waals surface area contributed by atoms with E-state index in [1.165, 1.54) is 0 Å². The molecule has 2 atom stereocenters. The third-order valence-electron chi connectivity index (χ3n) is 5.05. The third kappa shape index (κ3) is 3.29. The van der Waals surface area contributed by atoms with Gasteiger partial charge in [0.15, 0.2) is 0 Å². The molecule has 1 heterocycles. The van der Waals surface area contributed by atoms with E-state index in [9.17, 15) is 4.79 Å². The zero-order chi connectivity index (χ0) is 15.3. The lowest BCUT2D eigenvalue weighted by molar-refractivity contribution is -0.128. The van der Waals surface area contributed by atoms with Gasteiger partial charge in [-0.25, -0.2) is 0 Å². The zero-order valence-electron chi connectivity index (χ0n) is 13.5. The Hall–Kier alpha value is -1.35. The number of carbonyl (C=O) groups excluding carboxylic acids is 1. The highest BCUT2D eigenvalue weighted by atomic mass is 16.2. The smallest absolute Gasteiger partial charge is 0.230 e. The average Bonchev–Trinajstić information content (AvgIpc) is 2.52. The maximum atomic E-state index is 13.0. The van der Waals surface area contributed by atoms with Gasteiger partial charge in [0.25, 0.3) is 0 Å². The van der Waals surface area contributed by atoms with Gasteiger partial charge >= 0.3 is 0 Å². The molecule has 0 bridgehead atoms. The van der Waals surface area contributed by atoms with E-state index in [1.54, 1.807) is 0 Å². The fourth-order valence-corrected chi connectivity index (χ4v) is 3.42. The summed E-state index contributed by atoms with van der Waals surface area (Å²) in [6, 6.07) is 10.8. The van der Waals surface area contributed by atoms with E-state index in [0.717, 1.165) is 37.8 Å². The van der Waals surface area contributed by atoms with Crippen LogP contribution in [-0.2, 0) is 10.2 Å². The van der Waals surface area contributed by atoms with Crippen LogP contribution in [0.1, 0.15) is 52.0 Å². The van der Waals surface area contributed by atoms with Crippen LogP contribution < -0.4 is 10.6 Å². The summed E-state index contributed by atoms with van der Waals surface area (Å²) in [5.74, 6) is 0.180. The van der Waals surface area contributed by atoms with E-state index < -0.39 is 5.41 Å². The molecular formula is C18H28N2O. The lowest BCUT2D eigenvalue weighted by atomic mass is 9.74. The van der Waals surface area contributed by atoms with Crippen molar-refractivity contribution in [3.63, 3.8) is 0 Å². The van der Waals surface area contributed by atoms with Gasteiger partial charge in [-0.2, -0.15) is 0 Å². The molecule has 0 radical (unpaired) electrons. The van der Waals surface area contributed by atoms with Crippen LogP contribution in [0, 0.1) is 0 Å². The van der Waals surface area contributed by atoms with E-state index in [2.05, 4.69) is 43.5 Å². The molecule has 1 saturated heterocycles. The number of hydrogen-bond acceptors (Lipinski definition) is 2. The molecule has 1 aliphatic heterocycles. The van der Waals surface area contributed by atoms with Crippen molar-refractivity contribution < 1.29 is 4.79 Å². The van der Waals surface area contributed by atoms with Gasteiger partial charge in [-0.15, -0.1) is 0 Å². The van der Waals surface area contributed by atoms with Gasteiger partial charge in [0.2, 0.25) is 5.91 Å². The molecule has 0 spiro atoms. The number of rotatable bonds is 5. The summed E-state index contributed by atoms with van der Waals surface area (Å²) in [4.78, 5) is 13.0. The lowest BCUT2D eigenvalue weighted by Gasteiger charge is -2.36. The van der Waals surface area contributed by atoms with Crippen molar-refractivity contribution >= 4 is 5.91 Å². The maximum absolute atomic E-state index is 13.0. The van der Waals surface area contributed by atoms with Gasteiger partial charge in [0, 0.05) is 12.1 Å². The normalized spacial score (nSPS) is 22.8. The summed E-state index contributed by atoms with van der Waals surface area (Å²) in [5, 5.41) is 6.76. The first-order valence-corrected chi connectivity index (χ1v) is 8.24. The van der Waals surface area contributed by atoms with Crippen molar-refractivity contribution in [2.24, 2.45) is 0 Å². The van der Waals surface area contributed by atoms with E-state index in [0.29, 0.717) is 6.04 Å². The van der Waals surface area contributed by atoms with E-state index in [-0.39, 0.29) is 11.9 Å². The van der Waals surface area contributed by atoms with Gasteiger partial charge < -0.3 is 10.6 Å². The number of benzene rings is 1. The molecule has 1 fully saturated rings. The van der Waals surface area contributed by atoms with E-state index >= 15 is 0 Å². The average molecular weight is 288 g/mol. The highest BCUT2D eigenvalue weighted by Crippen LogP contribution is 2.32. The SMILES string of the molecule is CCC(CC)(C(=O)NC1CCCNC1C)c1ccccc1. The molecule has 1 aromatic rings.